The van der Waals surface area contributed by atoms with Crippen molar-refractivity contribution < 1.29 is 14.3 Å². The minimum absolute atomic E-state index is 0.171. The lowest BCUT2D eigenvalue weighted by molar-refractivity contribution is -0.118. The van der Waals surface area contributed by atoms with E-state index in [2.05, 4.69) is 5.32 Å². The second-order valence-corrected chi connectivity index (χ2v) is 6.30. The van der Waals surface area contributed by atoms with E-state index in [1.165, 1.54) is 11.3 Å². The van der Waals surface area contributed by atoms with E-state index in [4.69, 9.17) is 22.1 Å². The second-order valence-electron chi connectivity index (χ2n) is 4.64. The van der Waals surface area contributed by atoms with Crippen molar-refractivity contribution in [2.45, 2.75) is 13.8 Å². The van der Waals surface area contributed by atoms with Gasteiger partial charge in [0.05, 0.1) is 5.56 Å². The Bertz CT molecular complexity index is 710. The zero-order valence-electron chi connectivity index (χ0n) is 12.1. The van der Waals surface area contributed by atoms with Crippen molar-refractivity contribution in [1.82, 2.24) is 0 Å². The summed E-state index contributed by atoms with van der Waals surface area (Å²) in [6, 6.07) is 6.69. The Kier molecular flexibility index (Phi) is 5.05. The molecule has 2 rings (SSSR count). The molecular formula is C15H15ClN2O3S. The summed E-state index contributed by atoms with van der Waals surface area (Å²) in [6.45, 7) is 3.49. The van der Waals surface area contributed by atoms with Crippen molar-refractivity contribution in [1.29, 1.82) is 0 Å². The lowest BCUT2D eigenvalue weighted by atomic mass is 10.1. The van der Waals surface area contributed by atoms with E-state index < -0.39 is 5.91 Å². The van der Waals surface area contributed by atoms with Gasteiger partial charge in [0.15, 0.2) is 6.61 Å². The van der Waals surface area contributed by atoms with Crippen molar-refractivity contribution >= 4 is 39.8 Å². The first-order chi connectivity index (χ1) is 10.4. The minimum atomic E-state index is -0.559. The molecule has 116 valence electrons. The third-order valence-electron chi connectivity index (χ3n) is 3.07. The molecule has 0 aliphatic rings. The first-order valence-electron chi connectivity index (χ1n) is 6.46. The fraction of sp³-hybridized carbons (Fsp3) is 0.200. The molecule has 0 unspecified atom stereocenters. The van der Waals surface area contributed by atoms with Crippen molar-refractivity contribution in [2.24, 2.45) is 5.73 Å². The van der Waals surface area contributed by atoms with Gasteiger partial charge in [-0.05, 0) is 43.7 Å². The van der Waals surface area contributed by atoms with Crippen LogP contribution in [-0.4, -0.2) is 18.4 Å². The monoisotopic (exact) mass is 338 g/mol. The fourth-order valence-corrected chi connectivity index (χ4v) is 3.06. The first kappa shape index (κ1) is 16.3. The highest BCUT2D eigenvalue weighted by Gasteiger charge is 2.19. The summed E-state index contributed by atoms with van der Waals surface area (Å²) in [5, 5.41) is 3.70. The molecule has 5 nitrogen and oxygen atoms in total. The number of nitrogens with two attached hydrogens (primary N) is 1. The van der Waals surface area contributed by atoms with Crippen molar-refractivity contribution in [2.75, 3.05) is 11.9 Å². The van der Waals surface area contributed by atoms with Crippen LogP contribution in [-0.2, 0) is 4.79 Å². The second kappa shape index (κ2) is 6.81. The highest BCUT2D eigenvalue weighted by molar-refractivity contribution is 7.16. The van der Waals surface area contributed by atoms with Gasteiger partial charge < -0.3 is 15.8 Å². The van der Waals surface area contributed by atoms with Crippen molar-refractivity contribution in [3.63, 3.8) is 0 Å². The summed E-state index contributed by atoms with van der Waals surface area (Å²) >= 11 is 7.08. The van der Waals surface area contributed by atoms with E-state index in [0.717, 1.165) is 10.4 Å². The number of thiophene rings is 1. The van der Waals surface area contributed by atoms with Gasteiger partial charge in [-0.25, -0.2) is 0 Å². The van der Waals surface area contributed by atoms with Crippen LogP contribution in [0.4, 0.5) is 5.00 Å². The van der Waals surface area contributed by atoms with Crippen molar-refractivity contribution in [3.05, 3.63) is 45.3 Å². The zero-order valence-corrected chi connectivity index (χ0v) is 13.7. The van der Waals surface area contributed by atoms with Crippen LogP contribution in [0.1, 0.15) is 20.8 Å². The number of ether oxygens (including phenoxy) is 1. The number of anilines is 1. The van der Waals surface area contributed by atoms with Gasteiger partial charge in [-0.1, -0.05) is 11.6 Å². The number of hydrogen-bond acceptors (Lipinski definition) is 4. The summed E-state index contributed by atoms with van der Waals surface area (Å²) in [6.07, 6.45) is 0. The van der Waals surface area contributed by atoms with Crippen molar-refractivity contribution in [3.8, 4) is 5.75 Å². The average Bonchev–Trinajstić information content (AvgIpc) is 2.73. The van der Waals surface area contributed by atoms with Crippen LogP contribution in [0.15, 0.2) is 24.3 Å². The molecule has 2 amide bonds. The lowest BCUT2D eigenvalue weighted by Gasteiger charge is -2.07. The molecule has 0 fully saturated rings. The predicted octanol–water partition coefficient (Wildman–Crippen LogP) is 3.13. The third kappa shape index (κ3) is 3.78. The summed E-state index contributed by atoms with van der Waals surface area (Å²) in [5.74, 6) is -0.386. The van der Waals surface area contributed by atoms with Gasteiger partial charge in [0.25, 0.3) is 11.8 Å². The third-order valence-corrected chi connectivity index (χ3v) is 4.44. The molecule has 3 N–H and O–H groups in total. The van der Waals surface area contributed by atoms with Gasteiger partial charge >= 0.3 is 0 Å². The summed E-state index contributed by atoms with van der Waals surface area (Å²) < 4.78 is 5.35. The van der Waals surface area contributed by atoms with E-state index in [1.807, 2.05) is 6.92 Å². The molecule has 0 aliphatic heterocycles. The summed E-state index contributed by atoms with van der Waals surface area (Å²) in [7, 11) is 0. The standard InChI is InChI=1S/C15H15ClN2O3S/c1-8-9(2)22-15(13(8)14(17)20)18-12(19)7-21-11-5-3-10(16)4-6-11/h3-6H,7H2,1-2H3,(H2,17,20)(H,18,19). The largest absolute Gasteiger partial charge is 0.484 e. The molecule has 2 aromatic rings. The van der Waals surface area contributed by atoms with Gasteiger partial charge in [0.1, 0.15) is 10.8 Å². The Morgan fingerprint density at radius 1 is 1.27 bits per heavy atom. The summed E-state index contributed by atoms with van der Waals surface area (Å²) in [4.78, 5) is 24.4. The topological polar surface area (TPSA) is 81.4 Å². The van der Waals surface area contributed by atoms with Crippen LogP contribution < -0.4 is 15.8 Å². The molecule has 1 aromatic heterocycles. The number of benzene rings is 1. The SMILES string of the molecule is Cc1sc(NC(=O)COc2ccc(Cl)cc2)c(C(N)=O)c1C. The number of primary amides is 1. The van der Waals surface area contributed by atoms with Crippen LogP contribution in [0.3, 0.4) is 0 Å². The molecule has 1 heterocycles. The molecular weight excluding hydrogens is 324 g/mol. The average molecular weight is 339 g/mol. The molecule has 1 aromatic carbocycles. The highest BCUT2D eigenvalue weighted by Crippen LogP contribution is 2.31. The molecule has 0 spiro atoms. The molecule has 0 atom stereocenters. The number of carbonyl (C=O) groups is 2. The van der Waals surface area contributed by atoms with Gasteiger partial charge in [-0.3, -0.25) is 9.59 Å². The molecule has 0 aliphatic carbocycles. The van der Waals surface area contributed by atoms with E-state index in [0.29, 0.717) is 21.3 Å². The lowest BCUT2D eigenvalue weighted by Crippen LogP contribution is -2.22. The molecule has 0 saturated heterocycles. The van der Waals surface area contributed by atoms with Crippen LogP contribution >= 0.6 is 22.9 Å². The number of amides is 2. The molecule has 0 radical (unpaired) electrons. The molecule has 22 heavy (non-hydrogen) atoms. The number of halogens is 1. The first-order valence-corrected chi connectivity index (χ1v) is 7.66. The van der Waals surface area contributed by atoms with E-state index in [-0.39, 0.29) is 12.5 Å². The van der Waals surface area contributed by atoms with E-state index in [9.17, 15) is 9.59 Å². The van der Waals surface area contributed by atoms with Crippen LogP contribution in [0.5, 0.6) is 5.75 Å². The Hall–Kier alpha value is -2.05. The Balaban J connectivity index is 2.02. The number of carbonyl (C=O) groups excluding carboxylic acids is 2. The van der Waals surface area contributed by atoms with Crippen LogP contribution in [0.2, 0.25) is 5.02 Å². The predicted molar refractivity (Wildman–Crippen MR) is 87.9 cm³/mol. The molecule has 0 saturated carbocycles. The number of nitrogens with one attached hydrogen (secondary N) is 1. The molecule has 7 heteroatoms. The Morgan fingerprint density at radius 2 is 1.91 bits per heavy atom. The normalized spacial score (nSPS) is 10.3. The Morgan fingerprint density at radius 3 is 2.50 bits per heavy atom. The van der Waals surface area contributed by atoms with E-state index in [1.54, 1.807) is 31.2 Å². The molecule has 0 bridgehead atoms. The van der Waals surface area contributed by atoms with Gasteiger partial charge in [-0.2, -0.15) is 0 Å². The Labute approximate surface area is 137 Å². The quantitative estimate of drug-likeness (QED) is 0.878. The maximum atomic E-state index is 11.9. The smallest absolute Gasteiger partial charge is 0.262 e. The number of hydrogen-bond donors (Lipinski definition) is 2. The maximum absolute atomic E-state index is 11.9. The highest BCUT2D eigenvalue weighted by atomic mass is 35.5. The maximum Gasteiger partial charge on any atom is 0.262 e. The zero-order chi connectivity index (χ0) is 16.3. The van der Waals surface area contributed by atoms with Gasteiger partial charge in [0, 0.05) is 9.90 Å². The van der Waals surface area contributed by atoms with Gasteiger partial charge in [-0.15, -0.1) is 11.3 Å². The summed E-state index contributed by atoms with van der Waals surface area (Å²) in [5.41, 5.74) is 6.49. The fourth-order valence-electron chi connectivity index (χ4n) is 1.85. The van der Waals surface area contributed by atoms with Crippen LogP contribution in [0.25, 0.3) is 0 Å². The number of rotatable bonds is 5. The number of aryl methyl sites for hydroxylation is 1. The van der Waals surface area contributed by atoms with Crippen LogP contribution in [0, 0.1) is 13.8 Å². The van der Waals surface area contributed by atoms with Gasteiger partial charge in [0.2, 0.25) is 0 Å². The van der Waals surface area contributed by atoms with E-state index >= 15 is 0 Å². The minimum Gasteiger partial charge on any atom is -0.484 e.